The van der Waals surface area contributed by atoms with Gasteiger partial charge in [0.2, 0.25) is 0 Å². The molecule has 11 heavy (non-hydrogen) atoms. The van der Waals surface area contributed by atoms with Crippen LogP contribution in [0.4, 0.5) is 0 Å². The van der Waals surface area contributed by atoms with E-state index in [4.69, 9.17) is 0 Å². The Morgan fingerprint density at radius 3 is 2.82 bits per heavy atom. The molecule has 0 bridgehead atoms. The minimum atomic E-state index is 0.768. The van der Waals surface area contributed by atoms with Crippen LogP contribution in [0, 0.1) is 0 Å². The average Bonchev–Trinajstić information content (AvgIpc) is 2.04. The van der Waals surface area contributed by atoms with Crippen LogP contribution in [0.5, 0.6) is 0 Å². The topological polar surface area (TPSA) is 16.6 Å². The van der Waals surface area contributed by atoms with Gasteiger partial charge < -0.3 is 5.32 Å². The van der Waals surface area contributed by atoms with Gasteiger partial charge in [0.15, 0.2) is 0 Å². The first kappa shape index (κ1) is 6.86. The van der Waals surface area contributed by atoms with Crippen molar-refractivity contribution in [3.63, 3.8) is 0 Å². The van der Waals surface area contributed by atoms with Crippen LogP contribution >= 0.6 is 0 Å². The zero-order valence-corrected chi connectivity index (χ0v) is 6.88. The summed E-state index contributed by atoms with van der Waals surface area (Å²) in [7, 11) is 0. The summed E-state index contributed by atoms with van der Waals surface area (Å²) >= 11 is 0. The van der Waals surface area contributed by atoms with Crippen molar-refractivity contribution in [2.24, 2.45) is 0 Å². The Balaban J connectivity index is 2.34. The Kier molecular flexibility index (Phi) is 1.66. The van der Waals surface area contributed by atoms with Crippen LogP contribution in [-0.4, -0.2) is 6.04 Å². The predicted octanol–water partition coefficient (Wildman–Crippen LogP) is 0.695. The first-order valence-corrected chi connectivity index (χ1v) is 4.26. The molecule has 0 amide bonds. The van der Waals surface area contributed by atoms with Gasteiger partial charge in [0.1, 0.15) is 6.54 Å². The first-order chi connectivity index (χ1) is 5.36. The van der Waals surface area contributed by atoms with Crippen molar-refractivity contribution in [3.05, 3.63) is 35.4 Å². The summed E-state index contributed by atoms with van der Waals surface area (Å²) in [6, 6.07) is 9.51. The van der Waals surface area contributed by atoms with E-state index in [1.807, 2.05) is 0 Å². The molecule has 0 saturated heterocycles. The summed E-state index contributed by atoms with van der Waals surface area (Å²) in [4.78, 5) is 0. The van der Waals surface area contributed by atoms with Crippen LogP contribution in [0.25, 0.3) is 0 Å². The number of hydrogen-bond donors (Lipinski definition) is 1. The lowest BCUT2D eigenvalue weighted by molar-refractivity contribution is -0.704. The van der Waals surface area contributed by atoms with Crippen molar-refractivity contribution in [1.82, 2.24) is 0 Å². The third kappa shape index (κ3) is 1.29. The van der Waals surface area contributed by atoms with E-state index in [9.17, 15) is 0 Å². The van der Waals surface area contributed by atoms with Gasteiger partial charge >= 0.3 is 0 Å². The number of quaternary nitrogens is 1. The van der Waals surface area contributed by atoms with Gasteiger partial charge in [0.25, 0.3) is 0 Å². The number of hydrogen-bond acceptors (Lipinski definition) is 0. The van der Waals surface area contributed by atoms with Crippen molar-refractivity contribution in [3.8, 4) is 0 Å². The van der Waals surface area contributed by atoms with Crippen LogP contribution in [0.1, 0.15) is 18.1 Å². The van der Waals surface area contributed by atoms with Gasteiger partial charge in [0.05, 0.1) is 6.04 Å². The second kappa shape index (κ2) is 2.67. The number of fused-ring (bicyclic) bond motifs is 1. The quantitative estimate of drug-likeness (QED) is 0.557. The highest BCUT2D eigenvalue weighted by molar-refractivity contribution is 5.27. The van der Waals surface area contributed by atoms with E-state index < -0.39 is 0 Å². The molecule has 2 rings (SSSR count). The van der Waals surface area contributed by atoms with E-state index in [1.165, 1.54) is 12.0 Å². The fraction of sp³-hybridized carbons (Fsp3) is 0.400. The SMILES string of the molecule is C[C@H]1Cc2ccccc2C[NH2+]1. The van der Waals surface area contributed by atoms with Gasteiger partial charge in [-0.05, 0) is 12.5 Å². The molecule has 0 fully saturated rings. The summed E-state index contributed by atoms with van der Waals surface area (Å²) in [5, 5.41) is 2.41. The molecule has 1 heterocycles. The Hall–Kier alpha value is -0.820. The van der Waals surface area contributed by atoms with E-state index in [0.29, 0.717) is 0 Å². The zero-order valence-electron chi connectivity index (χ0n) is 6.88. The van der Waals surface area contributed by atoms with Crippen molar-refractivity contribution in [2.45, 2.75) is 25.9 Å². The minimum Gasteiger partial charge on any atom is -0.340 e. The van der Waals surface area contributed by atoms with E-state index in [1.54, 1.807) is 5.56 Å². The third-order valence-corrected chi connectivity index (χ3v) is 2.40. The molecular weight excluding hydrogens is 134 g/mol. The molecule has 1 aromatic carbocycles. The van der Waals surface area contributed by atoms with Crippen LogP contribution in [-0.2, 0) is 13.0 Å². The molecule has 1 aliphatic heterocycles. The molecule has 0 aliphatic carbocycles. The van der Waals surface area contributed by atoms with Gasteiger partial charge in [-0.15, -0.1) is 0 Å². The highest BCUT2D eigenvalue weighted by Crippen LogP contribution is 2.11. The molecule has 0 spiro atoms. The summed E-state index contributed by atoms with van der Waals surface area (Å²) < 4.78 is 0. The minimum absolute atomic E-state index is 0.768. The van der Waals surface area contributed by atoms with Gasteiger partial charge in [-0.3, -0.25) is 0 Å². The number of nitrogens with two attached hydrogens (primary N) is 1. The maximum Gasteiger partial charge on any atom is 0.102 e. The van der Waals surface area contributed by atoms with E-state index in [2.05, 4.69) is 36.5 Å². The van der Waals surface area contributed by atoms with E-state index >= 15 is 0 Å². The molecule has 1 heteroatoms. The van der Waals surface area contributed by atoms with Crippen LogP contribution in [0.2, 0.25) is 0 Å². The average molecular weight is 148 g/mol. The van der Waals surface area contributed by atoms with Crippen molar-refractivity contribution in [2.75, 3.05) is 0 Å². The molecule has 0 radical (unpaired) electrons. The van der Waals surface area contributed by atoms with Gasteiger partial charge in [-0.1, -0.05) is 24.3 Å². The third-order valence-electron chi connectivity index (χ3n) is 2.40. The molecule has 1 aromatic rings. The molecular formula is C10H14N+. The smallest absolute Gasteiger partial charge is 0.102 e. The van der Waals surface area contributed by atoms with Crippen molar-refractivity contribution >= 4 is 0 Å². The van der Waals surface area contributed by atoms with E-state index in [-0.39, 0.29) is 0 Å². The summed E-state index contributed by atoms with van der Waals surface area (Å²) in [6.45, 7) is 3.45. The Morgan fingerprint density at radius 2 is 2.00 bits per heavy atom. The second-order valence-corrected chi connectivity index (χ2v) is 3.39. The molecule has 2 N–H and O–H groups in total. The lowest BCUT2D eigenvalue weighted by Crippen LogP contribution is -2.89. The molecule has 0 aromatic heterocycles. The molecule has 1 atom stereocenters. The molecule has 58 valence electrons. The summed E-state index contributed by atoms with van der Waals surface area (Å²) in [6.07, 6.45) is 1.23. The van der Waals surface area contributed by atoms with Crippen LogP contribution < -0.4 is 5.32 Å². The molecule has 1 nitrogen and oxygen atoms in total. The van der Waals surface area contributed by atoms with Gasteiger partial charge in [-0.25, -0.2) is 0 Å². The van der Waals surface area contributed by atoms with Crippen molar-refractivity contribution < 1.29 is 5.32 Å². The van der Waals surface area contributed by atoms with E-state index in [0.717, 1.165) is 12.6 Å². The normalized spacial score (nSPS) is 22.8. The predicted molar refractivity (Wildman–Crippen MR) is 45.2 cm³/mol. The fourth-order valence-electron chi connectivity index (χ4n) is 1.71. The molecule has 1 aliphatic rings. The highest BCUT2D eigenvalue weighted by atomic mass is 14.9. The lowest BCUT2D eigenvalue weighted by Gasteiger charge is -2.19. The zero-order chi connectivity index (χ0) is 7.68. The highest BCUT2D eigenvalue weighted by Gasteiger charge is 2.15. The number of benzene rings is 1. The Labute approximate surface area is 67.4 Å². The fourth-order valence-corrected chi connectivity index (χ4v) is 1.71. The van der Waals surface area contributed by atoms with Gasteiger partial charge in [0, 0.05) is 12.0 Å². The lowest BCUT2D eigenvalue weighted by atomic mass is 9.97. The maximum atomic E-state index is 2.41. The Bertz CT molecular complexity index is 255. The summed E-state index contributed by atoms with van der Waals surface area (Å²) in [5.74, 6) is 0. The van der Waals surface area contributed by atoms with Gasteiger partial charge in [-0.2, -0.15) is 0 Å². The largest absolute Gasteiger partial charge is 0.340 e. The first-order valence-electron chi connectivity index (χ1n) is 4.26. The van der Waals surface area contributed by atoms with Crippen molar-refractivity contribution in [1.29, 1.82) is 0 Å². The summed E-state index contributed by atoms with van der Waals surface area (Å²) in [5.41, 5.74) is 3.06. The van der Waals surface area contributed by atoms with Crippen LogP contribution in [0.3, 0.4) is 0 Å². The standard InChI is InChI=1S/C10H13N/c1-8-6-9-4-2-3-5-10(9)7-11-8/h2-5,8,11H,6-7H2,1H3/p+1/t8-/m0/s1. The molecule has 0 saturated carbocycles. The Morgan fingerprint density at radius 1 is 1.27 bits per heavy atom. The molecule has 0 unspecified atom stereocenters. The monoisotopic (exact) mass is 148 g/mol. The maximum absolute atomic E-state index is 2.41. The number of rotatable bonds is 0. The van der Waals surface area contributed by atoms with Crippen LogP contribution in [0.15, 0.2) is 24.3 Å². The second-order valence-electron chi connectivity index (χ2n) is 3.39.